The molecule has 1 heterocycles. The first-order valence-corrected chi connectivity index (χ1v) is 6.07. The van der Waals surface area contributed by atoms with Gasteiger partial charge in [-0.05, 0) is 53.9 Å². The van der Waals surface area contributed by atoms with Gasteiger partial charge >= 0.3 is 0 Å². The summed E-state index contributed by atoms with van der Waals surface area (Å²) in [7, 11) is 0. The van der Waals surface area contributed by atoms with E-state index in [1.807, 2.05) is 6.07 Å². The van der Waals surface area contributed by atoms with Crippen molar-refractivity contribution in [1.29, 1.82) is 0 Å². The lowest BCUT2D eigenvalue weighted by Crippen LogP contribution is -2.26. The van der Waals surface area contributed by atoms with Gasteiger partial charge in [0.1, 0.15) is 0 Å². The van der Waals surface area contributed by atoms with Crippen molar-refractivity contribution in [3.63, 3.8) is 0 Å². The number of benzene rings is 1. The minimum Gasteiger partial charge on any atom is -0.369 e. The van der Waals surface area contributed by atoms with Gasteiger partial charge in [0.25, 0.3) is 0 Å². The van der Waals surface area contributed by atoms with Gasteiger partial charge in [-0.25, -0.2) is 0 Å². The Morgan fingerprint density at radius 3 is 2.86 bits per heavy atom. The molecule has 1 unspecified atom stereocenters. The van der Waals surface area contributed by atoms with Crippen molar-refractivity contribution in [1.82, 2.24) is 0 Å². The van der Waals surface area contributed by atoms with E-state index >= 15 is 0 Å². The number of hydrogen-bond donors (Lipinski definition) is 0. The highest BCUT2D eigenvalue weighted by Crippen LogP contribution is 2.31. The van der Waals surface area contributed by atoms with E-state index in [1.165, 1.54) is 18.5 Å². The van der Waals surface area contributed by atoms with Gasteiger partial charge in [0.05, 0.1) is 5.02 Å². The first-order valence-electron chi connectivity index (χ1n) is 4.90. The van der Waals surface area contributed by atoms with Crippen LogP contribution in [0.1, 0.15) is 19.8 Å². The van der Waals surface area contributed by atoms with Crippen LogP contribution in [0.15, 0.2) is 22.7 Å². The lowest BCUT2D eigenvalue weighted by atomic mass is 10.2. The third-order valence-electron chi connectivity index (χ3n) is 2.79. The van der Waals surface area contributed by atoms with E-state index in [9.17, 15) is 0 Å². The van der Waals surface area contributed by atoms with Crippen molar-refractivity contribution >= 4 is 33.2 Å². The van der Waals surface area contributed by atoms with Crippen molar-refractivity contribution in [2.24, 2.45) is 0 Å². The molecular formula is C11H13BrClN. The predicted octanol–water partition coefficient (Wildman–Crippen LogP) is 4.09. The van der Waals surface area contributed by atoms with Gasteiger partial charge in [-0.2, -0.15) is 0 Å². The summed E-state index contributed by atoms with van der Waals surface area (Å²) in [4.78, 5) is 2.43. The normalized spacial score (nSPS) is 21.6. The quantitative estimate of drug-likeness (QED) is 0.745. The molecule has 1 aromatic carbocycles. The van der Waals surface area contributed by atoms with E-state index in [0.29, 0.717) is 6.04 Å². The summed E-state index contributed by atoms with van der Waals surface area (Å²) in [5, 5.41) is 0.778. The van der Waals surface area contributed by atoms with Gasteiger partial charge in [0.15, 0.2) is 0 Å². The zero-order chi connectivity index (χ0) is 10.1. The maximum atomic E-state index is 5.96. The van der Waals surface area contributed by atoms with Crippen LogP contribution in [0.2, 0.25) is 5.02 Å². The molecule has 1 aliphatic rings. The smallest absolute Gasteiger partial charge is 0.0549 e. The molecule has 1 saturated heterocycles. The Hall–Kier alpha value is -0.210. The maximum absolute atomic E-state index is 5.96. The number of hydrogen-bond acceptors (Lipinski definition) is 1. The predicted molar refractivity (Wildman–Crippen MR) is 65.2 cm³/mol. The minimum absolute atomic E-state index is 0.656. The number of anilines is 1. The molecule has 1 fully saturated rings. The molecule has 0 amide bonds. The molecule has 0 radical (unpaired) electrons. The fourth-order valence-corrected chi connectivity index (χ4v) is 2.46. The fraction of sp³-hybridized carbons (Fsp3) is 0.455. The maximum Gasteiger partial charge on any atom is 0.0549 e. The second kappa shape index (κ2) is 4.11. The van der Waals surface area contributed by atoms with E-state index in [0.717, 1.165) is 16.0 Å². The summed E-state index contributed by atoms with van der Waals surface area (Å²) in [6.45, 7) is 3.44. The second-order valence-electron chi connectivity index (χ2n) is 3.78. The minimum atomic E-state index is 0.656. The van der Waals surface area contributed by atoms with Crippen molar-refractivity contribution in [3.05, 3.63) is 27.7 Å². The van der Waals surface area contributed by atoms with Crippen LogP contribution in [0.5, 0.6) is 0 Å². The topological polar surface area (TPSA) is 3.24 Å². The third-order valence-corrected chi connectivity index (χ3v) is 4.00. The highest BCUT2D eigenvalue weighted by molar-refractivity contribution is 9.10. The fourth-order valence-electron chi connectivity index (χ4n) is 1.98. The number of nitrogens with zero attached hydrogens (tertiary/aromatic N) is 1. The van der Waals surface area contributed by atoms with Crippen molar-refractivity contribution < 1.29 is 0 Å². The monoisotopic (exact) mass is 273 g/mol. The average molecular weight is 275 g/mol. The Labute approximate surface area is 98.2 Å². The number of rotatable bonds is 1. The van der Waals surface area contributed by atoms with Gasteiger partial charge in [-0.15, -0.1) is 0 Å². The van der Waals surface area contributed by atoms with Crippen LogP contribution in [0.25, 0.3) is 0 Å². The first-order chi connectivity index (χ1) is 6.68. The van der Waals surface area contributed by atoms with Gasteiger partial charge < -0.3 is 4.90 Å². The van der Waals surface area contributed by atoms with Gasteiger partial charge in [-0.3, -0.25) is 0 Å². The summed E-state index contributed by atoms with van der Waals surface area (Å²) < 4.78 is 0.982. The summed E-state index contributed by atoms with van der Waals surface area (Å²) in [5.41, 5.74) is 1.27. The lowest BCUT2D eigenvalue weighted by Gasteiger charge is -2.24. The van der Waals surface area contributed by atoms with Crippen molar-refractivity contribution in [2.45, 2.75) is 25.8 Å². The summed E-state index contributed by atoms with van der Waals surface area (Å²) in [6, 6.07) is 6.80. The van der Waals surface area contributed by atoms with Crippen molar-refractivity contribution in [3.8, 4) is 0 Å². The Kier molecular flexibility index (Phi) is 3.03. The molecule has 14 heavy (non-hydrogen) atoms. The molecule has 1 atom stereocenters. The molecule has 1 aromatic rings. The molecule has 0 bridgehead atoms. The van der Waals surface area contributed by atoms with Crippen molar-refractivity contribution in [2.75, 3.05) is 11.4 Å². The van der Waals surface area contributed by atoms with Gasteiger partial charge in [0, 0.05) is 22.7 Å². The zero-order valence-corrected chi connectivity index (χ0v) is 10.5. The van der Waals surface area contributed by atoms with E-state index in [1.54, 1.807) is 0 Å². The zero-order valence-electron chi connectivity index (χ0n) is 8.13. The molecule has 2 rings (SSSR count). The molecule has 3 heteroatoms. The highest BCUT2D eigenvalue weighted by atomic mass is 79.9. The molecule has 0 aliphatic carbocycles. The van der Waals surface area contributed by atoms with Crippen LogP contribution in [-0.2, 0) is 0 Å². The Balaban J connectivity index is 2.28. The van der Waals surface area contributed by atoms with E-state index in [-0.39, 0.29) is 0 Å². The van der Waals surface area contributed by atoms with Crippen LogP contribution < -0.4 is 4.90 Å². The molecule has 0 aromatic heterocycles. The molecule has 0 saturated carbocycles. The van der Waals surface area contributed by atoms with Crippen LogP contribution in [0.4, 0.5) is 5.69 Å². The standard InChI is InChI=1S/C11H13BrClN/c1-8-3-2-6-14(8)9-4-5-11(13)10(12)7-9/h4-5,7-8H,2-3,6H2,1H3. The largest absolute Gasteiger partial charge is 0.369 e. The van der Waals surface area contributed by atoms with E-state index in [4.69, 9.17) is 11.6 Å². The summed E-state index contributed by atoms with van der Waals surface area (Å²) >= 11 is 9.41. The molecule has 0 N–H and O–H groups in total. The van der Waals surface area contributed by atoms with E-state index < -0.39 is 0 Å². The van der Waals surface area contributed by atoms with Crippen LogP contribution >= 0.6 is 27.5 Å². The van der Waals surface area contributed by atoms with E-state index in [2.05, 4.69) is 39.9 Å². The van der Waals surface area contributed by atoms with Crippen LogP contribution in [0, 0.1) is 0 Å². The van der Waals surface area contributed by atoms with Crippen LogP contribution in [-0.4, -0.2) is 12.6 Å². The third kappa shape index (κ3) is 1.91. The molecule has 1 nitrogen and oxygen atoms in total. The molecule has 76 valence electrons. The lowest BCUT2D eigenvalue weighted by molar-refractivity contribution is 0.735. The Bertz CT molecular complexity index is 340. The first kappa shape index (κ1) is 10.3. The molecular weight excluding hydrogens is 261 g/mol. The average Bonchev–Trinajstić information content (AvgIpc) is 2.57. The number of halogens is 2. The highest BCUT2D eigenvalue weighted by Gasteiger charge is 2.20. The van der Waals surface area contributed by atoms with Gasteiger partial charge in [0.2, 0.25) is 0 Å². The van der Waals surface area contributed by atoms with Gasteiger partial charge in [-0.1, -0.05) is 11.6 Å². The Morgan fingerprint density at radius 2 is 2.29 bits per heavy atom. The molecule has 1 aliphatic heterocycles. The summed E-state index contributed by atoms with van der Waals surface area (Å²) in [6.07, 6.45) is 2.58. The summed E-state index contributed by atoms with van der Waals surface area (Å²) in [5.74, 6) is 0. The SMILES string of the molecule is CC1CCCN1c1ccc(Cl)c(Br)c1. The molecule has 0 spiro atoms. The second-order valence-corrected chi connectivity index (χ2v) is 5.04. The Morgan fingerprint density at radius 1 is 1.50 bits per heavy atom. The van der Waals surface area contributed by atoms with Crippen LogP contribution in [0.3, 0.4) is 0 Å².